The second-order valence-electron chi connectivity index (χ2n) is 3.07. The summed E-state index contributed by atoms with van der Waals surface area (Å²) in [5.41, 5.74) is 1.39. The van der Waals surface area contributed by atoms with Gasteiger partial charge in [-0.15, -0.1) is 0 Å². The van der Waals surface area contributed by atoms with E-state index >= 15 is 0 Å². The summed E-state index contributed by atoms with van der Waals surface area (Å²) in [6.45, 7) is 0. The third kappa shape index (κ3) is 1.85. The number of nitro groups is 1. The fraction of sp³-hybridized carbons (Fsp3) is 0.111. The monoisotopic (exact) mass is 288 g/mol. The second-order valence-corrected chi connectivity index (χ2v) is 5.29. The molecule has 1 atom stereocenters. The van der Waals surface area contributed by atoms with E-state index in [0.717, 1.165) is 11.3 Å². The molecular formula is C9H6BrClN2O2. The zero-order chi connectivity index (χ0) is 11.1. The van der Waals surface area contributed by atoms with Crippen molar-refractivity contribution in [1.82, 2.24) is 0 Å². The predicted molar refractivity (Wildman–Crippen MR) is 62.5 cm³/mol. The van der Waals surface area contributed by atoms with Crippen molar-refractivity contribution < 1.29 is 4.92 Å². The van der Waals surface area contributed by atoms with Crippen LogP contribution < -0.4 is 5.32 Å². The van der Waals surface area contributed by atoms with E-state index in [9.17, 15) is 10.1 Å². The maximum Gasteiger partial charge on any atom is 0.298 e. The van der Waals surface area contributed by atoms with Crippen LogP contribution in [0.5, 0.6) is 0 Å². The van der Waals surface area contributed by atoms with E-state index in [1.807, 2.05) is 12.1 Å². The maximum absolute atomic E-state index is 10.8. The molecular weight excluding hydrogens is 283 g/mol. The van der Waals surface area contributed by atoms with Crippen LogP contribution in [0.2, 0.25) is 0 Å². The number of anilines is 1. The minimum Gasteiger partial charge on any atom is -0.349 e. The van der Waals surface area contributed by atoms with Crippen molar-refractivity contribution in [2.45, 2.75) is 3.91 Å². The maximum atomic E-state index is 10.8. The summed E-state index contributed by atoms with van der Waals surface area (Å²) < 4.78 is -1.34. The normalized spacial score (nSPS) is 23.7. The second kappa shape index (κ2) is 3.50. The first kappa shape index (κ1) is 10.4. The molecule has 2 rings (SSSR count). The molecule has 0 saturated heterocycles. The Balaban J connectivity index is 2.57. The summed E-state index contributed by atoms with van der Waals surface area (Å²) >= 11 is 9.03. The number of alkyl halides is 2. The van der Waals surface area contributed by atoms with Gasteiger partial charge in [-0.05, 0) is 22.0 Å². The van der Waals surface area contributed by atoms with Gasteiger partial charge in [-0.1, -0.05) is 29.8 Å². The van der Waals surface area contributed by atoms with E-state index in [1.165, 1.54) is 6.08 Å². The number of para-hydroxylation sites is 1. The molecule has 1 aliphatic heterocycles. The van der Waals surface area contributed by atoms with Crippen LogP contribution in [0, 0.1) is 10.1 Å². The molecule has 1 aliphatic rings. The molecule has 4 nitrogen and oxygen atoms in total. The highest BCUT2D eigenvalue weighted by atomic mass is 79.9. The smallest absolute Gasteiger partial charge is 0.298 e. The van der Waals surface area contributed by atoms with Crippen LogP contribution in [0.4, 0.5) is 5.69 Å². The summed E-state index contributed by atoms with van der Waals surface area (Å²) in [6.07, 6.45) is 1.45. The van der Waals surface area contributed by atoms with E-state index in [2.05, 4.69) is 21.2 Å². The van der Waals surface area contributed by atoms with Gasteiger partial charge in [0.1, 0.15) is 0 Å². The molecule has 1 unspecified atom stereocenters. The van der Waals surface area contributed by atoms with Gasteiger partial charge in [0, 0.05) is 17.3 Å². The SMILES string of the molecule is O=[N+]([O-])C1=Cc2ccccc2NC1(Cl)Br. The van der Waals surface area contributed by atoms with Crippen LogP contribution >= 0.6 is 27.5 Å². The lowest BCUT2D eigenvalue weighted by molar-refractivity contribution is -0.426. The number of benzene rings is 1. The first-order valence-electron chi connectivity index (χ1n) is 4.12. The van der Waals surface area contributed by atoms with Gasteiger partial charge in [0.2, 0.25) is 0 Å². The molecule has 78 valence electrons. The fourth-order valence-corrected chi connectivity index (χ4v) is 2.07. The summed E-state index contributed by atoms with van der Waals surface area (Å²) in [5.74, 6) is 0. The van der Waals surface area contributed by atoms with Crippen molar-refractivity contribution in [2.75, 3.05) is 5.32 Å². The van der Waals surface area contributed by atoms with Crippen molar-refractivity contribution in [1.29, 1.82) is 0 Å². The highest BCUT2D eigenvalue weighted by molar-refractivity contribution is 9.10. The minimum atomic E-state index is -1.34. The first-order valence-corrected chi connectivity index (χ1v) is 5.29. The molecule has 1 aromatic carbocycles. The van der Waals surface area contributed by atoms with Crippen LogP contribution in [0.25, 0.3) is 6.08 Å². The summed E-state index contributed by atoms with van der Waals surface area (Å²) in [4.78, 5) is 10.3. The molecule has 0 radical (unpaired) electrons. The number of fused-ring (bicyclic) bond motifs is 1. The molecule has 1 aromatic rings. The molecule has 0 saturated carbocycles. The molecule has 1 heterocycles. The first-order chi connectivity index (χ1) is 7.00. The zero-order valence-corrected chi connectivity index (χ0v) is 9.75. The van der Waals surface area contributed by atoms with Crippen molar-refractivity contribution in [3.05, 3.63) is 45.6 Å². The molecule has 0 fully saturated rings. The topological polar surface area (TPSA) is 55.2 Å². The van der Waals surface area contributed by atoms with E-state index in [1.54, 1.807) is 12.1 Å². The predicted octanol–water partition coefficient (Wildman–Crippen LogP) is 3.02. The van der Waals surface area contributed by atoms with Crippen molar-refractivity contribution in [3.63, 3.8) is 0 Å². The Morgan fingerprint density at radius 1 is 1.47 bits per heavy atom. The average molecular weight is 290 g/mol. The Kier molecular flexibility index (Phi) is 2.44. The minimum absolute atomic E-state index is 0.122. The van der Waals surface area contributed by atoms with Crippen LogP contribution in [0.1, 0.15) is 5.56 Å². The van der Waals surface area contributed by atoms with Crippen molar-refractivity contribution in [2.24, 2.45) is 0 Å². The quantitative estimate of drug-likeness (QED) is 0.374. The summed E-state index contributed by atoms with van der Waals surface area (Å²) in [7, 11) is 0. The molecule has 0 aromatic heterocycles. The number of nitrogens with zero attached hydrogens (tertiary/aromatic N) is 1. The molecule has 0 spiro atoms. The van der Waals surface area contributed by atoms with Gasteiger partial charge in [0.15, 0.2) is 0 Å². The number of hydrogen-bond acceptors (Lipinski definition) is 3. The molecule has 0 bridgehead atoms. The largest absolute Gasteiger partial charge is 0.349 e. The Morgan fingerprint density at radius 2 is 2.13 bits per heavy atom. The lowest BCUT2D eigenvalue weighted by atomic mass is 10.1. The van der Waals surface area contributed by atoms with E-state index in [4.69, 9.17) is 11.6 Å². The number of nitrogens with one attached hydrogen (secondary N) is 1. The van der Waals surface area contributed by atoms with Crippen LogP contribution in [0.15, 0.2) is 30.0 Å². The van der Waals surface area contributed by atoms with Gasteiger partial charge in [-0.2, -0.15) is 0 Å². The zero-order valence-electron chi connectivity index (χ0n) is 7.41. The summed E-state index contributed by atoms with van der Waals surface area (Å²) in [5, 5.41) is 13.6. The van der Waals surface area contributed by atoms with Gasteiger partial charge in [-0.25, -0.2) is 0 Å². The lowest BCUT2D eigenvalue weighted by Crippen LogP contribution is -2.33. The van der Waals surface area contributed by atoms with Crippen molar-refractivity contribution in [3.8, 4) is 0 Å². The molecule has 0 amide bonds. The van der Waals surface area contributed by atoms with E-state index < -0.39 is 8.83 Å². The number of rotatable bonds is 1. The van der Waals surface area contributed by atoms with Gasteiger partial charge in [-0.3, -0.25) is 10.1 Å². The Bertz CT molecular complexity index is 459. The number of halogens is 2. The van der Waals surface area contributed by atoms with Gasteiger partial charge in [0.25, 0.3) is 9.60 Å². The number of hydrogen-bond donors (Lipinski definition) is 1. The van der Waals surface area contributed by atoms with Crippen LogP contribution in [0.3, 0.4) is 0 Å². The summed E-state index contributed by atoms with van der Waals surface area (Å²) in [6, 6.07) is 7.23. The van der Waals surface area contributed by atoms with Crippen molar-refractivity contribution >= 4 is 39.3 Å². The fourth-order valence-electron chi connectivity index (χ4n) is 1.38. The molecule has 0 aliphatic carbocycles. The third-order valence-corrected chi connectivity index (χ3v) is 2.96. The van der Waals surface area contributed by atoms with Gasteiger partial charge >= 0.3 is 0 Å². The van der Waals surface area contributed by atoms with Crippen LogP contribution in [-0.2, 0) is 0 Å². The van der Waals surface area contributed by atoms with E-state index in [-0.39, 0.29) is 5.70 Å². The Morgan fingerprint density at radius 3 is 2.80 bits per heavy atom. The highest BCUT2D eigenvalue weighted by Crippen LogP contribution is 2.40. The third-order valence-electron chi connectivity index (χ3n) is 2.06. The molecule has 1 N–H and O–H groups in total. The van der Waals surface area contributed by atoms with Crippen LogP contribution in [-0.4, -0.2) is 8.83 Å². The standard InChI is InChI=1S/C9H6BrClN2O2/c10-9(11)8(13(14)15)5-6-3-1-2-4-7(6)12-9/h1-5,12H. The van der Waals surface area contributed by atoms with Gasteiger partial charge < -0.3 is 5.32 Å². The Labute approximate surface area is 99.2 Å². The Hall–Kier alpha value is -1.07. The van der Waals surface area contributed by atoms with Gasteiger partial charge in [0.05, 0.1) is 4.92 Å². The molecule has 6 heteroatoms. The molecule has 15 heavy (non-hydrogen) atoms. The lowest BCUT2D eigenvalue weighted by Gasteiger charge is -2.25. The van der Waals surface area contributed by atoms with E-state index in [0.29, 0.717) is 0 Å². The highest BCUT2D eigenvalue weighted by Gasteiger charge is 2.41. The average Bonchev–Trinajstić information content (AvgIpc) is 2.14.